The summed E-state index contributed by atoms with van der Waals surface area (Å²) in [6.45, 7) is 1.74. The maximum absolute atomic E-state index is 8.17. The molecule has 0 aromatic rings. The third-order valence-corrected chi connectivity index (χ3v) is 1.28. The zero-order chi connectivity index (χ0) is 5.11. The van der Waals surface area contributed by atoms with Crippen LogP contribution in [-0.4, -0.2) is 0 Å². The second-order valence-electron chi connectivity index (χ2n) is 1.03. The molecule has 0 spiro atoms. The van der Waals surface area contributed by atoms with Gasteiger partial charge in [0.05, 0.1) is 11.4 Å². The van der Waals surface area contributed by atoms with Crippen molar-refractivity contribution in [2.45, 2.75) is 0 Å². The fourth-order valence-electron chi connectivity index (χ4n) is 0.301. The average molecular weight is 111 g/mol. The van der Waals surface area contributed by atoms with Crippen LogP contribution in [0.1, 0.15) is 0 Å². The van der Waals surface area contributed by atoms with E-state index in [0.717, 1.165) is 4.91 Å². The van der Waals surface area contributed by atoms with Crippen LogP contribution >= 0.6 is 11.9 Å². The zero-order valence-corrected chi connectivity index (χ0v) is 4.33. The summed E-state index contributed by atoms with van der Waals surface area (Å²) in [5.74, 6) is 0. The van der Waals surface area contributed by atoms with Gasteiger partial charge in [-0.1, -0.05) is 0 Å². The summed E-state index contributed by atoms with van der Waals surface area (Å²) < 4.78 is 2.80. The minimum absolute atomic E-state index is 0.722. The summed E-state index contributed by atoms with van der Waals surface area (Å²) in [5.41, 5.74) is 0. The first-order chi connectivity index (χ1) is 3.43. The lowest BCUT2D eigenvalue weighted by Crippen LogP contribution is -1.85. The van der Waals surface area contributed by atoms with Crippen LogP contribution in [0.2, 0.25) is 0 Å². The number of hydrogen-bond donors (Lipinski definition) is 1. The van der Waals surface area contributed by atoms with E-state index in [1.807, 2.05) is 6.07 Å². The monoisotopic (exact) mass is 111 g/mol. The molecule has 0 aromatic heterocycles. The average Bonchev–Trinajstić information content (AvgIpc) is 2.14. The number of nitrogens with zero attached hydrogens (tertiary/aromatic N) is 1. The molecule has 0 fully saturated rings. The van der Waals surface area contributed by atoms with E-state index < -0.39 is 0 Å². The Morgan fingerprint density at radius 3 is 3.00 bits per heavy atom. The van der Waals surface area contributed by atoms with E-state index >= 15 is 0 Å². The predicted molar refractivity (Wildman–Crippen MR) is 28.7 cm³/mol. The number of hydrogen-bond acceptors (Lipinski definition) is 3. The summed E-state index contributed by atoms with van der Waals surface area (Å²) in [5, 5.41) is 8.17. The minimum atomic E-state index is 0.722. The molecule has 0 bridgehead atoms. The Morgan fingerprint density at radius 2 is 2.71 bits per heavy atom. The van der Waals surface area contributed by atoms with Crippen LogP contribution in [0.15, 0.2) is 11.0 Å². The minimum Gasteiger partial charge on any atom is -0.250 e. The Kier molecular flexibility index (Phi) is 1.35. The Labute approximate surface area is 46.3 Å². The van der Waals surface area contributed by atoms with Crippen molar-refractivity contribution < 1.29 is 0 Å². The molecule has 0 atom stereocenters. The van der Waals surface area contributed by atoms with E-state index in [0.29, 0.717) is 0 Å². The molecule has 1 rings (SSSR count). The predicted octanol–water partition coefficient (Wildman–Crippen LogP) is 0.807. The quantitative estimate of drug-likeness (QED) is 0.470. The van der Waals surface area contributed by atoms with Crippen LogP contribution in [0.4, 0.5) is 0 Å². The maximum atomic E-state index is 8.17. The molecule has 7 heavy (non-hydrogen) atoms. The van der Waals surface area contributed by atoms with E-state index in [1.54, 1.807) is 12.6 Å². The lowest BCUT2D eigenvalue weighted by atomic mass is 10.5. The second kappa shape index (κ2) is 2.01. The number of nitriles is 1. The van der Waals surface area contributed by atoms with Gasteiger partial charge in [0.25, 0.3) is 0 Å². The molecular formula is C4H3N2S. The van der Waals surface area contributed by atoms with E-state index in [2.05, 4.69) is 4.72 Å². The molecule has 1 aliphatic rings. The van der Waals surface area contributed by atoms with Gasteiger partial charge in [0, 0.05) is 0 Å². The summed E-state index contributed by atoms with van der Waals surface area (Å²) in [7, 11) is 0. The van der Waals surface area contributed by atoms with Crippen molar-refractivity contribution in [3.05, 3.63) is 17.5 Å². The van der Waals surface area contributed by atoms with E-state index in [4.69, 9.17) is 5.26 Å². The standard InChI is InChI=1S/C4H3N2S/c5-3-4-1-2-6-7-4/h1-2,6H. The van der Waals surface area contributed by atoms with E-state index in [1.165, 1.54) is 11.9 Å². The molecule has 2 nitrogen and oxygen atoms in total. The summed E-state index contributed by atoms with van der Waals surface area (Å²) in [6.07, 6.45) is 1.74. The van der Waals surface area contributed by atoms with Gasteiger partial charge in [-0.15, -0.1) is 0 Å². The van der Waals surface area contributed by atoms with Crippen molar-refractivity contribution >= 4 is 11.9 Å². The maximum Gasteiger partial charge on any atom is 0.107 e. The SMILES string of the molecule is N#CC1=C[CH]NS1. The fraction of sp³-hybridized carbons (Fsp3) is 0. The van der Waals surface area contributed by atoms with Gasteiger partial charge >= 0.3 is 0 Å². The van der Waals surface area contributed by atoms with Crippen LogP contribution < -0.4 is 4.72 Å². The highest BCUT2D eigenvalue weighted by Gasteiger charge is 2.00. The van der Waals surface area contributed by atoms with Crippen LogP contribution in [0.3, 0.4) is 0 Å². The Hall–Kier alpha value is -0.460. The number of rotatable bonds is 0. The molecule has 0 aromatic carbocycles. The molecule has 0 aliphatic carbocycles. The van der Waals surface area contributed by atoms with E-state index in [9.17, 15) is 0 Å². The highest BCUT2D eigenvalue weighted by molar-refractivity contribution is 8.01. The number of nitrogens with one attached hydrogen (secondary N) is 1. The fourth-order valence-corrected chi connectivity index (χ4v) is 0.746. The molecule has 1 radical (unpaired) electrons. The van der Waals surface area contributed by atoms with Crippen molar-refractivity contribution in [1.29, 1.82) is 5.26 Å². The molecule has 3 heteroatoms. The van der Waals surface area contributed by atoms with Gasteiger partial charge in [-0.05, 0) is 18.0 Å². The molecule has 0 amide bonds. The van der Waals surface area contributed by atoms with Crippen LogP contribution in [-0.2, 0) is 0 Å². The Balaban J connectivity index is 2.57. The summed E-state index contributed by atoms with van der Waals surface area (Å²) in [4.78, 5) is 0.722. The second-order valence-corrected chi connectivity index (χ2v) is 1.91. The summed E-state index contributed by atoms with van der Waals surface area (Å²) in [6, 6.07) is 1.99. The van der Waals surface area contributed by atoms with Gasteiger partial charge in [-0.25, -0.2) is 0 Å². The van der Waals surface area contributed by atoms with Crippen molar-refractivity contribution in [1.82, 2.24) is 4.72 Å². The van der Waals surface area contributed by atoms with Gasteiger partial charge in [0.1, 0.15) is 6.07 Å². The van der Waals surface area contributed by atoms with Crippen LogP contribution in [0.25, 0.3) is 0 Å². The van der Waals surface area contributed by atoms with Gasteiger partial charge in [0.2, 0.25) is 0 Å². The van der Waals surface area contributed by atoms with Crippen LogP contribution in [0.5, 0.6) is 0 Å². The third-order valence-electron chi connectivity index (χ3n) is 0.582. The first-order valence-electron chi connectivity index (χ1n) is 1.79. The molecule has 1 heterocycles. The zero-order valence-electron chi connectivity index (χ0n) is 3.51. The molecule has 0 saturated carbocycles. The lowest BCUT2D eigenvalue weighted by molar-refractivity contribution is 1.33. The van der Waals surface area contributed by atoms with Crippen LogP contribution in [0, 0.1) is 17.9 Å². The summed E-state index contributed by atoms with van der Waals surface area (Å²) >= 11 is 1.34. The lowest BCUT2D eigenvalue weighted by Gasteiger charge is -1.79. The van der Waals surface area contributed by atoms with Gasteiger partial charge in [0.15, 0.2) is 0 Å². The normalized spacial score (nSPS) is 18.4. The molecule has 1 N–H and O–H groups in total. The van der Waals surface area contributed by atoms with Crippen molar-refractivity contribution in [2.24, 2.45) is 0 Å². The highest BCUT2D eigenvalue weighted by Crippen LogP contribution is 2.16. The molecular weight excluding hydrogens is 108 g/mol. The first-order valence-corrected chi connectivity index (χ1v) is 2.61. The molecule has 0 saturated heterocycles. The van der Waals surface area contributed by atoms with Crippen molar-refractivity contribution in [3.8, 4) is 6.07 Å². The van der Waals surface area contributed by atoms with Gasteiger partial charge in [-0.3, -0.25) is 4.72 Å². The largest absolute Gasteiger partial charge is 0.250 e. The Morgan fingerprint density at radius 1 is 1.86 bits per heavy atom. The molecule has 1 aliphatic heterocycles. The third kappa shape index (κ3) is 0.952. The first kappa shape index (κ1) is 4.69. The smallest absolute Gasteiger partial charge is 0.107 e. The van der Waals surface area contributed by atoms with E-state index in [-0.39, 0.29) is 0 Å². The van der Waals surface area contributed by atoms with Crippen molar-refractivity contribution in [2.75, 3.05) is 0 Å². The number of allylic oxidation sites excluding steroid dienone is 1. The Bertz CT molecular complexity index is 133. The van der Waals surface area contributed by atoms with Gasteiger partial charge in [-0.2, -0.15) is 5.26 Å². The van der Waals surface area contributed by atoms with Gasteiger partial charge < -0.3 is 0 Å². The van der Waals surface area contributed by atoms with Crippen molar-refractivity contribution in [3.63, 3.8) is 0 Å². The molecule has 0 unspecified atom stereocenters. The highest BCUT2D eigenvalue weighted by atomic mass is 32.2. The molecule has 35 valence electrons. The topological polar surface area (TPSA) is 35.8 Å².